The van der Waals surface area contributed by atoms with E-state index in [1.807, 2.05) is 0 Å². The number of fused-ring (bicyclic) bond motifs is 1. The van der Waals surface area contributed by atoms with Crippen LogP contribution in [0.3, 0.4) is 0 Å². The normalized spacial score (nSPS) is 15.5. The number of hydrogen-bond acceptors (Lipinski definition) is 0. The van der Waals surface area contributed by atoms with Crippen molar-refractivity contribution in [1.29, 1.82) is 0 Å². The number of rotatable bonds is 1. The fraction of sp³-hybridized carbons (Fsp3) is 0.286. The first-order chi connectivity index (χ1) is 6.72. The van der Waals surface area contributed by atoms with E-state index in [-0.39, 0.29) is 0 Å². The second-order valence-corrected chi connectivity index (χ2v) is 3.93. The predicted octanol–water partition coefficient (Wildman–Crippen LogP) is 3.76. The molecular formula is C14H16. The highest BCUT2D eigenvalue weighted by atomic mass is 14.2. The molecule has 0 radical (unpaired) electrons. The highest BCUT2D eigenvalue weighted by Gasteiger charge is 2.15. The van der Waals surface area contributed by atoms with E-state index in [2.05, 4.69) is 38.3 Å². The Morgan fingerprint density at radius 1 is 1.21 bits per heavy atom. The quantitative estimate of drug-likeness (QED) is 0.623. The maximum absolute atomic E-state index is 4.09. The van der Waals surface area contributed by atoms with E-state index in [0.29, 0.717) is 0 Å². The summed E-state index contributed by atoms with van der Waals surface area (Å²) in [5, 5.41) is 0. The van der Waals surface area contributed by atoms with Crippen LogP contribution in [0.25, 0.3) is 5.57 Å². The molecule has 0 saturated carbocycles. The van der Waals surface area contributed by atoms with Gasteiger partial charge in [-0.15, -0.1) is 0 Å². The molecular weight excluding hydrogens is 168 g/mol. The predicted molar refractivity (Wildman–Crippen MR) is 62.3 cm³/mol. The lowest BCUT2D eigenvalue weighted by Gasteiger charge is -2.20. The summed E-state index contributed by atoms with van der Waals surface area (Å²) in [5.41, 5.74) is 6.50. The molecule has 0 heterocycles. The number of hydrogen-bond donors (Lipinski definition) is 0. The summed E-state index contributed by atoms with van der Waals surface area (Å²) >= 11 is 0. The SMILES string of the molecule is C=C1CCc2cc(CC)ccc2C1=C. The molecule has 0 bridgehead atoms. The van der Waals surface area contributed by atoms with Crippen molar-refractivity contribution in [3.8, 4) is 0 Å². The molecule has 0 atom stereocenters. The van der Waals surface area contributed by atoms with Crippen LogP contribution in [-0.2, 0) is 12.8 Å². The van der Waals surface area contributed by atoms with Gasteiger partial charge in [-0.2, -0.15) is 0 Å². The zero-order chi connectivity index (χ0) is 10.1. The van der Waals surface area contributed by atoms with E-state index in [1.165, 1.54) is 22.3 Å². The molecule has 14 heavy (non-hydrogen) atoms. The Labute approximate surface area is 86.0 Å². The van der Waals surface area contributed by atoms with E-state index >= 15 is 0 Å². The average molecular weight is 184 g/mol. The molecule has 1 aliphatic carbocycles. The number of aryl methyl sites for hydroxylation is 2. The van der Waals surface area contributed by atoms with Gasteiger partial charge in [0, 0.05) is 0 Å². The summed E-state index contributed by atoms with van der Waals surface area (Å²) in [4.78, 5) is 0. The zero-order valence-corrected chi connectivity index (χ0v) is 8.77. The van der Waals surface area contributed by atoms with E-state index < -0.39 is 0 Å². The van der Waals surface area contributed by atoms with Crippen molar-refractivity contribution in [3.05, 3.63) is 53.6 Å². The highest BCUT2D eigenvalue weighted by molar-refractivity contribution is 5.80. The molecule has 0 aliphatic heterocycles. The smallest absolute Gasteiger partial charge is 0.0155 e. The molecule has 0 aromatic heterocycles. The first kappa shape index (κ1) is 9.26. The molecule has 0 spiro atoms. The van der Waals surface area contributed by atoms with Gasteiger partial charge in [0.15, 0.2) is 0 Å². The monoisotopic (exact) mass is 184 g/mol. The van der Waals surface area contributed by atoms with Crippen LogP contribution >= 0.6 is 0 Å². The van der Waals surface area contributed by atoms with Crippen molar-refractivity contribution in [2.24, 2.45) is 0 Å². The summed E-state index contributed by atoms with van der Waals surface area (Å²) in [6, 6.07) is 6.70. The average Bonchev–Trinajstić information content (AvgIpc) is 2.23. The minimum Gasteiger partial charge on any atom is -0.0952 e. The van der Waals surface area contributed by atoms with Crippen LogP contribution in [0, 0.1) is 0 Å². The van der Waals surface area contributed by atoms with E-state index in [9.17, 15) is 0 Å². The molecule has 2 rings (SSSR count). The minimum absolute atomic E-state index is 1.07. The molecule has 1 aromatic rings. The van der Waals surface area contributed by atoms with Crippen LogP contribution in [0.5, 0.6) is 0 Å². The lowest BCUT2D eigenvalue weighted by Crippen LogP contribution is -2.03. The Bertz CT molecular complexity index is 396. The standard InChI is InChI=1S/C14H16/c1-4-12-6-8-14-11(3)10(2)5-7-13(14)9-12/h6,8-9H,2-5,7H2,1H3. The fourth-order valence-electron chi connectivity index (χ4n) is 2.00. The summed E-state index contributed by atoms with van der Waals surface area (Å²) in [5.74, 6) is 0. The number of allylic oxidation sites excluding steroid dienone is 2. The zero-order valence-electron chi connectivity index (χ0n) is 8.77. The summed E-state index contributed by atoms with van der Waals surface area (Å²) in [7, 11) is 0. The minimum atomic E-state index is 1.07. The maximum atomic E-state index is 4.09. The van der Waals surface area contributed by atoms with E-state index in [1.54, 1.807) is 0 Å². The first-order valence-corrected chi connectivity index (χ1v) is 5.21. The van der Waals surface area contributed by atoms with Crippen molar-refractivity contribution < 1.29 is 0 Å². The molecule has 0 unspecified atom stereocenters. The molecule has 0 fully saturated rings. The van der Waals surface area contributed by atoms with Gasteiger partial charge in [-0.3, -0.25) is 0 Å². The Kier molecular flexibility index (Phi) is 2.28. The molecule has 0 nitrogen and oxygen atoms in total. The van der Waals surface area contributed by atoms with Crippen LogP contribution < -0.4 is 0 Å². The maximum Gasteiger partial charge on any atom is -0.0155 e. The van der Waals surface area contributed by atoms with Gasteiger partial charge < -0.3 is 0 Å². The summed E-state index contributed by atoms with van der Waals surface area (Å²) in [6.07, 6.45) is 3.31. The van der Waals surface area contributed by atoms with Gasteiger partial charge in [-0.1, -0.05) is 38.3 Å². The molecule has 0 N–H and O–H groups in total. The van der Waals surface area contributed by atoms with Gasteiger partial charge in [0.25, 0.3) is 0 Å². The third-order valence-electron chi connectivity index (χ3n) is 3.03. The third-order valence-corrected chi connectivity index (χ3v) is 3.03. The first-order valence-electron chi connectivity index (χ1n) is 5.21. The fourth-order valence-corrected chi connectivity index (χ4v) is 2.00. The second-order valence-electron chi connectivity index (χ2n) is 3.93. The molecule has 0 heteroatoms. The van der Waals surface area contributed by atoms with E-state index in [4.69, 9.17) is 0 Å². The number of benzene rings is 1. The lowest BCUT2D eigenvalue weighted by atomic mass is 9.84. The van der Waals surface area contributed by atoms with E-state index in [0.717, 1.165) is 24.8 Å². The van der Waals surface area contributed by atoms with Gasteiger partial charge in [0.1, 0.15) is 0 Å². The third kappa shape index (κ3) is 1.41. The van der Waals surface area contributed by atoms with Crippen LogP contribution in [0.1, 0.15) is 30.0 Å². The van der Waals surface area contributed by atoms with Gasteiger partial charge in [-0.25, -0.2) is 0 Å². The van der Waals surface area contributed by atoms with Crippen LogP contribution in [0.15, 0.2) is 36.9 Å². The topological polar surface area (TPSA) is 0 Å². The van der Waals surface area contributed by atoms with Crippen LogP contribution in [-0.4, -0.2) is 0 Å². The summed E-state index contributed by atoms with van der Waals surface area (Å²) in [6.45, 7) is 10.3. The van der Waals surface area contributed by atoms with Gasteiger partial charge in [-0.05, 0) is 47.1 Å². The molecule has 0 amide bonds. The lowest BCUT2D eigenvalue weighted by molar-refractivity contribution is 0.936. The molecule has 1 aromatic carbocycles. The van der Waals surface area contributed by atoms with Gasteiger partial charge in [0.05, 0.1) is 0 Å². The van der Waals surface area contributed by atoms with Gasteiger partial charge >= 0.3 is 0 Å². The Hall–Kier alpha value is -1.30. The van der Waals surface area contributed by atoms with Crippen molar-refractivity contribution in [2.75, 3.05) is 0 Å². The highest BCUT2D eigenvalue weighted by Crippen LogP contribution is 2.33. The van der Waals surface area contributed by atoms with Crippen molar-refractivity contribution in [1.82, 2.24) is 0 Å². The van der Waals surface area contributed by atoms with Crippen molar-refractivity contribution in [3.63, 3.8) is 0 Å². The Morgan fingerprint density at radius 2 is 2.00 bits per heavy atom. The van der Waals surface area contributed by atoms with Crippen LogP contribution in [0.4, 0.5) is 0 Å². The largest absolute Gasteiger partial charge is 0.0952 e. The Balaban J connectivity index is 2.49. The van der Waals surface area contributed by atoms with Gasteiger partial charge in [0.2, 0.25) is 0 Å². The molecule has 1 aliphatic rings. The Morgan fingerprint density at radius 3 is 2.71 bits per heavy atom. The van der Waals surface area contributed by atoms with Crippen molar-refractivity contribution in [2.45, 2.75) is 26.2 Å². The molecule has 0 saturated heterocycles. The molecule has 72 valence electrons. The van der Waals surface area contributed by atoms with Crippen LogP contribution in [0.2, 0.25) is 0 Å². The van der Waals surface area contributed by atoms with Crippen molar-refractivity contribution >= 4 is 5.57 Å². The second kappa shape index (κ2) is 3.45. The summed E-state index contributed by atoms with van der Waals surface area (Å²) < 4.78 is 0.